The fourth-order valence-electron chi connectivity index (χ4n) is 6.39. The van der Waals surface area contributed by atoms with E-state index in [-0.39, 0.29) is 37.0 Å². The van der Waals surface area contributed by atoms with Gasteiger partial charge in [0, 0.05) is 13.1 Å². The Hall–Kier alpha value is -5.92. The van der Waals surface area contributed by atoms with Crippen molar-refractivity contribution in [2.75, 3.05) is 40.4 Å². The van der Waals surface area contributed by atoms with Crippen molar-refractivity contribution in [3.8, 4) is 22.5 Å². The predicted octanol–water partition coefficient (Wildman–Crippen LogP) is 4.68. The number of hydrogen-bond acceptors (Lipinski definition) is 8. The lowest BCUT2D eigenvalue weighted by Gasteiger charge is -2.23. The zero-order chi connectivity index (χ0) is 35.0. The monoisotopic (exact) mass is 680 g/mol. The third-order valence-electron chi connectivity index (χ3n) is 9.02. The van der Waals surface area contributed by atoms with E-state index in [9.17, 15) is 19.2 Å². The number of nitrogens with one attached hydrogen (secondary N) is 4. The summed E-state index contributed by atoms with van der Waals surface area (Å²) in [4.78, 5) is 67.6. The van der Waals surface area contributed by atoms with Crippen LogP contribution >= 0.6 is 0 Å². The Labute approximate surface area is 289 Å². The van der Waals surface area contributed by atoms with E-state index < -0.39 is 12.2 Å². The van der Waals surface area contributed by atoms with E-state index in [2.05, 4.69) is 52.2 Å². The Morgan fingerprint density at radius 3 is 1.48 bits per heavy atom. The van der Waals surface area contributed by atoms with Crippen LogP contribution in [0, 0.1) is 0 Å². The van der Waals surface area contributed by atoms with Crippen LogP contribution in [0.15, 0.2) is 60.9 Å². The number of carbonyl (C=O) groups excluding carboxylic acids is 4. The minimum atomic E-state index is -0.636. The smallest absolute Gasteiger partial charge is 0.407 e. The summed E-state index contributed by atoms with van der Waals surface area (Å²) in [5, 5.41) is 4.91. The number of alkyl carbamates (subject to hydrolysis) is 2. The van der Waals surface area contributed by atoms with Crippen LogP contribution in [0.4, 0.5) is 9.59 Å². The molecule has 2 aromatic heterocycles. The highest BCUT2D eigenvalue weighted by molar-refractivity contribution is 5.83. The van der Waals surface area contributed by atoms with Gasteiger partial charge < -0.3 is 39.9 Å². The Balaban J connectivity index is 1.04. The van der Waals surface area contributed by atoms with Crippen molar-refractivity contribution in [1.29, 1.82) is 0 Å². The number of nitrogens with zero attached hydrogens (tertiary/aromatic N) is 4. The first kappa shape index (κ1) is 34.0. The lowest BCUT2D eigenvalue weighted by molar-refractivity contribution is -0.132. The van der Waals surface area contributed by atoms with Gasteiger partial charge in [-0.15, -0.1) is 0 Å². The molecule has 14 nitrogen and oxygen atoms in total. The molecule has 2 aliphatic heterocycles. The van der Waals surface area contributed by atoms with Crippen molar-refractivity contribution < 1.29 is 28.7 Å². The third-order valence-corrected chi connectivity index (χ3v) is 9.02. The number of H-pyrrole nitrogens is 2. The summed E-state index contributed by atoms with van der Waals surface area (Å²) in [6.45, 7) is 0.981. The molecule has 4 heterocycles. The second kappa shape index (κ2) is 15.5. The zero-order valence-electron chi connectivity index (χ0n) is 28.0. The van der Waals surface area contributed by atoms with Crippen LogP contribution in [0.3, 0.4) is 0 Å². The number of aromatic nitrogens is 4. The fraction of sp³-hybridized carbons (Fsp3) is 0.333. The van der Waals surface area contributed by atoms with Gasteiger partial charge in [-0.25, -0.2) is 19.6 Å². The first-order valence-electron chi connectivity index (χ1n) is 16.5. The number of amides is 4. The van der Waals surface area contributed by atoms with Crippen molar-refractivity contribution in [2.24, 2.45) is 0 Å². The van der Waals surface area contributed by atoms with Crippen LogP contribution in [-0.4, -0.2) is 94.1 Å². The molecule has 260 valence electrons. The second-order valence-corrected chi connectivity index (χ2v) is 12.1. The summed E-state index contributed by atoms with van der Waals surface area (Å²) >= 11 is 0. The molecule has 2 atom stereocenters. The molecule has 6 rings (SSSR count). The van der Waals surface area contributed by atoms with E-state index in [0.29, 0.717) is 13.1 Å². The van der Waals surface area contributed by atoms with Gasteiger partial charge in [-0.3, -0.25) is 9.59 Å². The standard InChI is InChI=1S/C36H40N8O6/c1-49-35(47)39-21-31(45)43-17-3-5-29(43)33-37-19-27(41-33)25-13-9-23(10-14-25)7-8-24-11-15-26(16-12-24)28-20-38-34(42-28)30-6-4-18-44(30)32(46)22-40-36(48)50-2/h7-16,19-20,29-30H,3-6,17-18,21-22H2,1-2H3,(H,37,41)(H,38,42)(H,39,47)(H,40,48)/b8-7+/t29-,30-/m0/s1. The Morgan fingerprint density at radius 1 is 0.700 bits per heavy atom. The predicted molar refractivity (Wildman–Crippen MR) is 185 cm³/mol. The van der Waals surface area contributed by atoms with Crippen molar-refractivity contribution in [3.63, 3.8) is 0 Å². The number of benzene rings is 2. The molecule has 4 N–H and O–H groups in total. The van der Waals surface area contributed by atoms with Gasteiger partial charge >= 0.3 is 12.2 Å². The normalized spacial score (nSPS) is 17.2. The Bertz CT molecular complexity index is 1710. The summed E-state index contributed by atoms with van der Waals surface area (Å²) in [5.41, 5.74) is 5.77. The highest BCUT2D eigenvalue weighted by Gasteiger charge is 2.33. The van der Waals surface area contributed by atoms with Crippen LogP contribution < -0.4 is 10.6 Å². The molecule has 2 saturated heterocycles. The van der Waals surface area contributed by atoms with Gasteiger partial charge in [0.15, 0.2) is 0 Å². The van der Waals surface area contributed by atoms with E-state index in [1.54, 1.807) is 22.2 Å². The van der Waals surface area contributed by atoms with Crippen LogP contribution in [0.25, 0.3) is 34.7 Å². The number of likely N-dealkylation sites (tertiary alicyclic amines) is 2. The highest BCUT2D eigenvalue weighted by atomic mass is 16.5. The van der Waals surface area contributed by atoms with Crippen molar-refractivity contribution in [3.05, 3.63) is 83.7 Å². The topological polar surface area (TPSA) is 175 Å². The molecule has 0 spiro atoms. The average molecular weight is 681 g/mol. The fourth-order valence-corrected chi connectivity index (χ4v) is 6.39. The maximum atomic E-state index is 12.7. The van der Waals surface area contributed by atoms with Crippen molar-refractivity contribution in [2.45, 2.75) is 37.8 Å². The summed E-state index contributed by atoms with van der Waals surface area (Å²) in [5.74, 6) is 1.10. The van der Waals surface area contributed by atoms with Gasteiger partial charge in [-0.2, -0.15) is 0 Å². The molecule has 0 saturated carbocycles. The van der Waals surface area contributed by atoms with Gasteiger partial charge in [-0.1, -0.05) is 60.7 Å². The van der Waals surface area contributed by atoms with Gasteiger partial charge in [-0.05, 0) is 47.9 Å². The number of ether oxygens (including phenoxy) is 2. The van der Waals surface area contributed by atoms with Crippen LogP contribution in [-0.2, 0) is 19.1 Å². The molecule has 4 amide bonds. The van der Waals surface area contributed by atoms with E-state index in [1.165, 1.54) is 14.2 Å². The summed E-state index contributed by atoms with van der Waals surface area (Å²) in [7, 11) is 2.53. The number of hydrogen-bond donors (Lipinski definition) is 4. The lowest BCUT2D eigenvalue weighted by Crippen LogP contribution is -2.40. The van der Waals surface area contributed by atoms with E-state index in [1.807, 2.05) is 48.5 Å². The number of imidazole rings is 2. The van der Waals surface area contributed by atoms with Gasteiger partial charge in [0.25, 0.3) is 0 Å². The molecule has 0 bridgehead atoms. The van der Waals surface area contributed by atoms with E-state index in [0.717, 1.165) is 71.0 Å². The SMILES string of the molecule is COC(=O)NCC(=O)N1CCC[C@H]1c1ncc(-c2ccc(/C=C/c3ccc(-c4cnc([C@@H]5CCCN5C(=O)CNC(=O)OC)[nH]4)cc3)cc2)[nH]1. The van der Waals surface area contributed by atoms with Gasteiger partial charge in [0.2, 0.25) is 11.8 Å². The largest absolute Gasteiger partial charge is 0.453 e. The lowest BCUT2D eigenvalue weighted by atomic mass is 10.1. The highest BCUT2D eigenvalue weighted by Crippen LogP contribution is 2.33. The molecule has 2 aromatic carbocycles. The average Bonchev–Trinajstić information content (AvgIpc) is 3.98. The summed E-state index contributed by atoms with van der Waals surface area (Å²) in [6, 6.07) is 15.9. The summed E-state index contributed by atoms with van der Waals surface area (Å²) in [6.07, 6.45) is 9.72. The van der Waals surface area contributed by atoms with Crippen LogP contribution in [0.5, 0.6) is 0 Å². The molecule has 4 aromatic rings. The first-order chi connectivity index (χ1) is 24.3. The van der Waals surface area contributed by atoms with Crippen LogP contribution in [0.2, 0.25) is 0 Å². The maximum Gasteiger partial charge on any atom is 0.407 e. The third kappa shape index (κ3) is 7.86. The number of methoxy groups -OCH3 is 2. The molecule has 2 aliphatic rings. The first-order valence-corrected chi connectivity index (χ1v) is 16.5. The molecule has 0 unspecified atom stereocenters. The molecule has 0 radical (unpaired) electrons. The van der Waals surface area contributed by atoms with Crippen molar-refractivity contribution >= 4 is 36.2 Å². The molecule has 0 aliphatic carbocycles. The Kier molecular flexibility index (Phi) is 10.6. The summed E-state index contributed by atoms with van der Waals surface area (Å²) < 4.78 is 9.12. The zero-order valence-corrected chi connectivity index (χ0v) is 28.0. The van der Waals surface area contributed by atoms with Gasteiger partial charge in [0.05, 0.1) is 50.1 Å². The molecular weight excluding hydrogens is 640 g/mol. The van der Waals surface area contributed by atoms with Crippen molar-refractivity contribution in [1.82, 2.24) is 40.4 Å². The van der Waals surface area contributed by atoms with E-state index >= 15 is 0 Å². The second-order valence-electron chi connectivity index (χ2n) is 12.1. The minimum absolute atomic E-state index is 0.120. The molecule has 14 heteroatoms. The minimum Gasteiger partial charge on any atom is -0.453 e. The van der Waals surface area contributed by atoms with Crippen LogP contribution in [0.1, 0.15) is 60.5 Å². The maximum absolute atomic E-state index is 12.7. The quantitative estimate of drug-likeness (QED) is 0.175. The number of rotatable bonds is 10. The Morgan fingerprint density at radius 2 is 1.10 bits per heavy atom. The van der Waals surface area contributed by atoms with E-state index in [4.69, 9.17) is 0 Å². The number of carbonyl (C=O) groups is 4. The molecular formula is C36H40N8O6. The molecule has 50 heavy (non-hydrogen) atoms. The van der Waals surface area contributed by atoms with Gasteiger partial charge in [0.1, 0.15) is 24.7 Å². The number of aromatic amines is 2. The molecule has 2 fully saturated rings.